The predicted molar refractivity (Wildman–Crippen MR) is 104 cm³/mol. The summed E-state index contributed by atoms with van der Waals surface area (Å²) in [4.78, 5) is 13.4. The molecule has 1 aliphatic rings. The van der Waals surface area contributed by atoms with Crippen molar-refractivity contribution in [1.82, 2.24) is 5.32 Å². The zero-order valence-electron chi connectivity index (χ0n) is 15.2. The third-order valence-electron chi connectivity index (χ3n) is 4.72. The summed E-state index contributed by atoms with van der Waals surface area (Å²) in [6.45, 7) is 5.05. The van der Waals surface area contributed by atoms with E-state index >= 15 is 0 Å². The number of carbonyl (C=O) groups is 1. The Morgan fingerprint density at radius 3 is 2.74 bits per heavy atom. The fourth-order valence-electron chi connectivity index (χ4n) is 3.20. The summed E-state index contributed by atoms with van der Waals surface area (Å²) in [5, 5.41) is 3.82. The summed E-state index contributed by atoms with van der Waals surface area (Å²) < 4.78 is 25.8. The van der Waals surface area contributed by atoms with Gasteiger partial charge in [0.25, 0.3) is 5.91 Å². The summed E-state index contributed by atoms with van der Waals surface area (Å²) in [6.07, 6.45) is 0.849. The highest BCUT2D eigenvalue weighted by Gasteiger charge is 2.19. The number of ether oxygens (including phenoxy) is 2. The van der Waals surface area contributed by atoms with E-state index in [1.54, 1.807) is 6.07 Å². The molecule has 6 heteroatoms. The van der Waals surface area contributed by atoms with Crippen molar-refractivity contribution < 1.29 is 18.7 Å². The summed E-state index contributed by atoms with van der Waals surface area (Å²) in [7, 11) is 0. The van der Waals surface area contributed by atoms with Gasteiger partial charge >= 0.3 is 0 Å². The second-order valence-corrected chi connectivity index (χ2v) is 7.70. The maximum atomic E-state index is 13.5. The van der Waals surface area contributed by atoms with E-state index in [1.165, 1.54) is 23.5 Å². The number of hydrogen-bond donors (Lipinski definition) is 1. The molecule has 4 nitrogen and oxygen atoms in total. The van der Waals surface area contributed by atoms with E-state index < -0.39 is 0 Å². The molecule has 0 bridgehead atoms. The van der Waals surface area contributed by atoms with E-state index in [0.717, 1.165) is 33.4 Å². The Hall–Kier alpha value is -2.60. The van der Waals surface area contributed by atoms with Gasteiger partial charge in [-0.2, -0.15) is 0 Å². The fourth-order valence-corrected chi connectivity index (χ4v) is 4.30. The monoisotopic (exact) mass is 385 g/mol. The molecule has 1 N–H and O–H groups in total. The Morgan fingerprint density at radius 1 is 1.15 bits per heavy atom. The molecule has 0 radical (unpaired) electrons. The van der Waals surface area contributed by atoms with E-state index in [-0.39, 0.29) is 17.8 Å². The van der Waals surface area contributed by atoms with Gasteiger partial charge in [0.2, 0.25) is 0 Å². The van der Waals surface area contributed by atoms with Crippen LogP contribution in [0.1, 0.15) is 40.2 Å². The van der Waals surface area contributed by atoms with Crippen LogP contribution in [0.3, 0.4) is 0 Å². The summed E-state index contributed by atoms with van der Waals surface area (Å²) in [6, 6.07) is 10.1. The number of nitrogens with one attached hydrogen (secondary N) is 1. The Morgan fingerprint density at radius 2 is 1.93 bits per heavy atom. The summed E-state index contributed by atoms with van der Waals surface area (Å²) in [5.74, 6) is 0.987. The molecule has 0 saturated carbocycles. The van der Waals surface area contributed by atoms with Crippen LogP contribution in [0.4, 0.5) is 4.39 Å². The standard InChI is InChI=1S/C21H20FNO3S/c1-12-16-11-15(22)5-7-19(16)27-20(12)21(24)23-13(2)14-4-6-17-18(10-14)26-9-3-8-25-17/h4-7,10-11,13H,3,8-9H2,1-2H3,(H,23,24). The van der Waals surface area contributed by atoms with E-state index in [1.807, 2.05) is 32.0 Å². The molecule has 4 rings (SSSR count). The lowest BCUT2D eigenvalue weighted by atomic mass is 10.1. The molecule has 1 aliphatic heterocycles. The van der Waals surface area contributed by atoms with Crippen LogP contribution in [-0.2, 0) is 0 Å². The smallest absolute Gasteiger partial charge is 0.262 e. The molecule has 0 spiro atoms. The van der Waals surface area contributed by atoms with Crippen LogP contribution in [0.5, 0.6) is 11.5 Å². The molecule has 1 amide bonds. The molecule has 140 valence electrons. The van der Waals surface area contributed by atoms with Crippen molar-refractivity contribution in [2.45, 2.75) is 26.3 Å². The Labute approximate surface area is 160 Å². The Balaban J connectivity index is 1.56. The van der Waals surface area contributed by atoms with Crippen LogP contribution in [0, 0.1) is 12.7 Å². The number of fused-ring (bicyclic) bond motifs is 2. The van der Waals surface area contributed by atoms with Crippen molar-refractivity contribution in [3.8, 4) is 11.5 Å². The van der Waals surface area contributed by atoms with Gasteiger partial charge in [-0.25, -0.2) is 4.39 Å². The first-order valence-electron chi connectivity index (χ1n) is 8.92. The molecule has 1 unspecified atom stereocenters. The number of carbonyl (C=O) groups excluding carboxylic acids is 1. The second-order valence-electron chi connectivity index (χ2n) is 6.65. The molecular weight excluding hydrogens is 365 g/mol. The van der Waals surface area contributed by atoms with Crippen molar-refractivity contribution in [1.29, 1.82) is 0 Å². The van der Waals surface area contributed by atoms with Gasteiger partial charge < -0.3 is 14.8 Å². The zero-order chi connectivity index (χ0) is 19.0. The van der Waals surface area contributed by atoms with Gasteiger partial charge in [-0.1, -0.05) is 6.07 Å². The van der Waals surface area contributed by atoms with Crippen molar-refractivity contribution in [3.05, 3.63) is 58.2 Å². The molecule has 2 aromatic carbocycles. The minimum atomic E-state index is -0.295. The lowest BCUT2D eigenvalue weighted by Crippen LogP contribution is -2.26. The van der Waals surface area contributed by atoms with E-state index in [2.05, 4.69) is 5.32 Å². The van der Waals surface area contributed by atoms with Gasteiger partial charge in [-0.3, -0.25) is 4.79 Å². The van der Waals surface area contributed by atoms with Crippen LogP contribution >= 0.6 is 11.3 Å². The number of rotatable bonds is 3. The molecule has 0 saturated heterocycles. The van der Waals surface area contributed by atoms with Gasteiger partial charge in [0.1, 0.15) is 5.82 Å². The predicted octanol–water partition coefficient (Wildman–Crippen LogP) is 5.00. The third kappa shape index (κ3) is 3.49. The van der Waals surface area contributed by atoms with Crippen LogP contribution in [0.25, 0.3) is 10.1 Å². The third-order valence-corrected chi connectivity index (χ3v) is 6.00. The van der Waals surface area contributed by atoms with Crippen LogP contribution in [0.2, 0.25) is 0 Å². The normalized spacial score (nSPS) is 14.6. The highest BCUT2D eigenvalue weighted by Crippen LogP contribution is 2.34. The minimum absolute atomic E-state index is 0.159. The van der Waals surface area contributed by atoms with Crippen molar-refractivity contribution in [2.75, 3.05) is 13.2 Å². The van der Waals surface area contributed by atoms with Gasteiger partial charge in [0.05, 0.1) is 24.1 Å². The topological polar surface area (TPSA) is 47.6 Å². The maximum absolute atomic E-state index is 13.5. The fraction of sp³-hybridized carbons (Fsp3) is 0.286. The largest absolute Gasteiger partial charge is 0.490 e. The number of halogens is 1. The first-order chi connectivity index (χ1) is 13.0. The van der Waals surface area contributed by atoms with E-state index in [9.17, 15) is 9.18 Å². The van der Waals surface area contributed by atoms with Gasteiger partial charge in [-0.15, -0.1) is 11.3 Å². The average Bonchev–Trinajstić information content (AvgIpc) is 2.83. The lowest BCUT2D eigenvalue weighted by molar-refractivity contribution is 0.0943. The van der Waals surface area contributed by atoms with Crippen molar-refractivity contribution in [2.24, 2.45) is 0 Å². The SMILES string of the molecule is Cc1c(C(=O)NC(C)c2ccc3c(c2)OCCCO3)sc2ccc(F)cc12. The highest BCUT2D eigenvalue weighted by atomic mass is 32.1. The molecule has 1 atom stereocenters. The number of amides is 1. The van der Waals surface area contributed by atoms with Crippen LogP contribution < -0.4 is 14.8 Å². The average molecular weight is 385 g/mol. The molecule has 0 fully saturated rings. The molecule has 27 heavy (non-hydrogen) atoms. The minimum Gasteiger partial charge on any atom is -0.490 e. The first kappa shape index (κ1) is 17.8. The lowest BCUT2D eigenvalue weighted by Gasteiger charge is -2.16. The van der Waals surface area contributed by atoms with Gasteiger partial charge in [-0.05, 0) is 60.7 Å². The number of benzene rings is 2. The van der Waals surface area contributed by atoms with Crippen molar-refractivity contribution >= 4 is 27.3 Å². The quantitative estimate of drug-likeness (QED) is 0.690. The maximum Gasteiger partial charge on any atom is 0.262 e. The van der Waals surface area contributed by atoms with Crippen LogP contribution in [0.15, 0.2) is 36.4 Å². The molecule has 3 aromatic rings. The number of aryl methyl sites for hydroxylation is 1. The molecular formula is C21H20FNO3S. The van der Waals surface area contributed by atoms with E-state index in [4.69, 9.17) is 9.47 Å². The summed E-state index contributed by atoms with van der Waals surface area (Å²) >= 11 is 1.38. The Bertz CT molecular complexity index is 1010. The van der Waals surface area contributed by atoms with E-state index in [0.29, 0.717) is 23.8 Å². The van der Waals surface area contributed by atoms with Gasteiger partial charge in [0, 0.05) is 11.1 Å². The molecule has 2 heterocycles. The molecule has 0 aliphatic carbocycles. The van der Waals surface area contributed by atoms with Crippen LogP contribution in [-0.4, -0.2) is 19.1 Å². The zero-order valence-corrected chi connectivity index (χ0v) is 16.0. The second kappa shape index (κ2) is 7.19. The summed E-state index contributed by atoms with van der Waals surface area (Å²) in [5.41, 5.74) is 1.75. The molecule has 1 aromatic heterocycles. The Kier molecular flexibility index (Phi) is 4.74. The van der Waals surface area contributed by atoms with Gasteiger partial charge in [0.15, 0.2) is 11.5 Å². The highest BCUT2D eigenvalue weighted by molar-refractivity contribution is 7.21. The number of hydrogen-bond acceptors (Lipinski definition) is 4. The van der Waals surface area contributed by atoms with Crippen molar-refractivity contribution in [3.63, 3.8) is 0 Å². The number of thiophene rings is 1. The first-order valence-corrected chi connectivity index (χ1v) is 9.73.